The number of methoxy groups -OCH3 is 1. The van der Waals surface area contributed by atoms with E-state index in [1.807, 2.05) is 0 Å². The highest BCUT2D eigenvalue weighted by molar-refractivity contribution is 6.30. The van der Waals surface area contributed by atoms with Gasteiger partial charge in [0.2, 0.25) is 0 Å². The highest BCUT2D eigenvalue weighted by Crippen LogP contribution is 2.43. The van der Waals surface area contributed by atoms with Gasteiger partial charge in [-0.05, 0) is 41.7 Å². The summed E-state index contributed by atoms with van der Waals surface area (Å²) in [5.41, 5.74) is -3.71. The molecule has 9 heteroatoms. The van der Waals surface area contributed by atoms with Crippen LogP contribution in [-0.2, 0) is 5.41 Å². The monoisotopic (exact) mass is 466 g/mol. The smallest absolute Gasteiger partial charge is 0.422 e. The third-order valence-electron chi connectivity index (χ3n) is 5.28. The number of aromatic nitrogens is 1. The Morgan fingerprint density at radius 3 is 2.56 bits per heavy atom. The Hall–Kier alpha value is -2.84. The minimum Gasteiger partial charge on any atom is -0.619 e. The Morgan fingerprint density at radius 1 is 1.19 bits per heavy atom. The number of rotatable bonds is 6. The molecule has 0 aliphatic carbocycles. The number of halogens is 4. The van der Waals surface area contributed by atoms with E-state index in [-0.39, 0.29) is 5.69 Å². The fourth-order valence-corrected chi connectivity index (χ4v) is 3.86. The molecule has 0 saturated heterocycles. The molecule has 0 fully saturated rings. The number of fused-ring (bicyclic) bond motifs is 1. The summed E-state index contributed by atoms with van der Waals surface area (Å²) < 4.78 is 48.0. The molecule has 1 unspecified atom stereocenters. The van der Waals surface area contributed by atoms with Crippen molar-refractivity contribution in [1.29, 1.82) is 0 Å². The van der Waals surface area contributed by atoms with Gasteiger partial charge in [0.15, 0.2) is 18.0 Å². The third kappa shape index (κ3) is 4.81. The Morgan fingerprint density at radius 2 is 1.91 bits per heavy atom. The molecule has 0 bridgehead atoms. The quantitative estimate of drug-likeness (QED) is 0.296. The molecule has 5 nitrogen and oxygen atoms in total. The highest BCUT2D eigenvalue weighted by Gasteiger charge is 2.55. The number of pyridine rings is 1. The number of alkyl halides is 3. The van der Waals surface area contributed by atoms with Crippen LogP contribution in [0.1, 0.15) is 25.8 Å². The van der Waals surface area contributed by atoms with Crippen molar-refractivity contribution in [3.8, 4) is 5.75 Å². The Kier molecular flexibility index (Phi) is 6.40. The Bertz CT molecular complexity index is 1160. The summed E-state index contributed by atoms with van der Waals surface area (Å²) >= 11 is 5.97. The molecule has 1 N–H and O–H groups in total. The molecular weight excluding hydrogens is 445 g/mol. The molecule has 0 spiro atoms. The molecule has 170 valence electrons. The predicted octanol–water partition coefficient (Wildman–Crippen LogP) is 5.50. The zero-order valence-electron chi connectivity index (χ0n) is 17.7. The average Bonchev–Trinajstić information content (AvgIpc) is 2.70. The molecule has 3 rings (SSSR count). The molecule has 32 heavy (non-hydrogen) atoms. The summed E-state index contributed by atoms with van der Waals surface area (Å²) in [6, 6.07) is 10.8. The Labute approximate surface area is 188 Å². The van der Waals surface area contributed by atoms with Crippen LogP contribution in [0.25, 0.3) is 10.8 Å². The van der Waals surface area contributed by atoms with Gasteiger partial charge in [-0.1, -0.05) is 37.6 Å². The lowest BCUT2D eigenvalue weighted by molar-refractivity contribution is -0.603. The number of hydrogen-bond donors (Lipinski definition) is 1. The molecule has 2 aromatic carbocycles. The van der Waals surface area contributed by atoms with Crippen LogP contribution in [0, 0.1) is 5.21 Å². The second-order valence-corrected chi connectivity index (χ2v) is 8.61. The van der Waals surface area contributed by atoms with Crippen molar-refractivity contribution in [1.82, 2.24) is 0 Å². The van der Waals surface area contributed by atoms with E-state index >= 15 is 0 Å². The van der Waals surface area contributed by atoms with Crippen LogP contribution in [0.5, 0.6) is 5.75 Å². The van der Waals surface area contributed by atoms with E-state index in [0.717, 1.165) is 0 Å². The standard InChI is InChI=1S/C23H22ClF3N2O3/c1-21(2,18-8-7-16(24)11-20(18)32-3)13-22(30,23(25,26)27)14-28-19-6-4-5-15-12-29(31)10-9-17(15)19/h4-12,14,30H,13H2,1-3H3. The van der Waals surface area contributed by atoms with Gasteiger partial charge in [-0.3, -0.25) is 4.99 Å². The maximum atomic E-state index is 14.0. The molecule has 0 aliphatic heterocycles. The zero-order chi connectivity index (χ0) is 23.7. The lowest BCUT2D eigenvalue weighted by Crippen LogP contribution is -2.50. The van der Waals surface area contributed by atoms with Crippen LogP contribution in [-0.4, -0.2) is 30.2 Å². The molecule has 0 radical (unpaired) electrons. The zero-order valence-corrected chi connectivity index (χ0v) is 18.4. The fraction of sp³-hybridized carbons (Fsp3) is 0.304. The van der Waals surface area contributed by atoms with E-state index in [4.69, 9.17) is 16.3 Å². The van der Waals surface area contributed by atoms with Crippen LogP contribution in [0.4, 0.5) is 18.9 Å². The van der Waals surface area contributed by atoms with Crippen LogP contribution >= 0.6 is 11.6 Å². The highest BCUT2D eigenvalue weighted by atomic mass is 35.5. The van der Waals surface area contributed by atoms with Gasteiger partial charge in [-0.2, -0.15) is 17.9 Å². The minimum absolute atomic E-state index is 0.202. The van der Waals surface area contributed by atoms with Crippen LogP contribution < -0.4 is 9.47 Å². The number of aliphatic hydroxyl groups is 1. The van der Waals surface area contributed by atoms with Gasteiger partial charge >= 0.3 is 6.18 Å². The van der Waals surface area contributed by atoms with Crippen molar-refractivity contribution >= 4 is 34.3 Å². The van der Waals surface area contributed by atoms with Gasteiger partial charge in [0.25, 0.3) is 0 Å². The first-order chi connectivity index (χ1) is 14.9. The van der Waals surface area contributed by atoms with Crippen molar-refractivity contribution in [3.05, 3.63) is 70.7 Å². The number of aliphatic imine (C=N–C) groups is 1. The largest absolute Gasteiger partial charge is 0.619 e. The van der Waals surface area contributed by atoms with Gasteiger partial charge in [-0.15, -0.1) is 0 Å². The molecule has 0 saturated carbocycles. The summed E-state index contributed by atoms with van der Waals surface area (Å²) in [7, 11) is 1.40. The maximum absolute atomic E-state index is 14.0. The number of nitrogens with zero attached hydrogens (tertiary/aromatic N) is 2. The summed E-state index contributed by atoms with van der Waals surface area (Å²) in [6.45, 7) is 3.16. The first-order valence-corrected chi connectivity index (χ1v) is 10.0. The van der Waals surface area contributed by atoms with Crippen molar-refractivity contribution < 1.29 is 27.7 Å². The van der Waals surface area contributed by atoms with Gasteiger partial charge in [-0.25, -0.2) is 0 Å². The SMILES string of the molecule is COc1cc(Cl)ccc1C(C)(C)CC(O)(C=Nc1cccc2c[n+]([O-])ccc12)C(F)(F)F. The van der Waals surface area contributed by atoms with Gasteiger partial charge in [0.05, 0.1) is 12.8 Å². The first kappa shape index (κ1) is 23.8. The lowest BCUT2D eigenvalue weighted by atomic mass is 9.75. The van der Waals surface area contributed by atoms with E-state index in [1.54, 1.807) is 38.1 Å². The molecule has 1 heterocycles. The summed E-state index contributed by atoms with van der Waals surface area (Å²) in [5, 5.41) is 23.6. The van der Waals surface area contributed by atoms with Crippen molar-refractivity contribution in [3.63, 3.8) is 0 Å². The van der Waals surface area contributed by atoms with Gasteiger partial charge in [0.1, 0.15) is 5.75 Å². The third-order valence-corrected chi connectivity index (χ3v) is 5.52. The predicted molar refractivity (Wildman–Crippen MR) is 118 cm³/mol. The Balaban J connectivity index is 2.03. The summed E-state index contributed by atoms with van der Waals surface area (Å²) in [5.74, 6) is 0.323. The minimum atomic E-state index is -4.99. The van der Waals surface area contributed by atoms with Crippen molar-refractivity contribution in [2.45, 2.75) is 37.5 Å². The van der Waals surface area contributed by atoms with E-state index in [1.165, 1.54) is 37.7 Å². The van der Waals surface area contributed by atoms with Crippen LogP contribution in [0.15, 0.2) is 59.9 Å². The second kappa shape index (κ2) is 8.60. The number of ether oxygens (including phenoxy) is 1. The number of hydrogen-bond acceptors (Lipinski definition) is 4. The normalized spacial score (nSPS) is 14.6. The lowest BCUT2D eigenvalue weighted by Gasteiger charge is -2.36. The average molecular weight is 467 g/mol. The first-order valence-electron chi connectivity index (χ1n) is 9.66. The maximum Gasteiger partial charge on any atom is 0.422 e. The van der Waals surface area contributed by atoms with Gasteiger partial charge < -0.3 is 15.1 Å². The van der Waals surface area contributed by atoms with E-state index < -0.39 is 23.6 Å². The molecule has 1 aromatic heterocycles. The molecule has 0 amide bonds. The number of benzene rings is 2. The summed E-state index contributed by atoms with van der Waals surface area (Å²) in [6.07, 6.45) is -2.66. The van der Waals surface area contributed by atoms with Crippen LogP contribution in [0.2, 0.25) is 5.02 Å². The van der Waals surface area contributed by atoms with E-state index in [2.05, 4.69) is 4.99 Å². The molecule has 1 atom stereocenters. The molecule has 0 aliphatic rings. The van der Waals surface area contributed by atoms with Gasteiger partial charge in [0, 0.05) is 28.1 Å². The van der Waals surface area contributed by atoms with Crippen LogP contribution in [0.3, 0.4) is 0 Å². The molecule has 3 aromatic rings. The summed E-state index contributed by atoms with van der Waals surface area (Å²) in [4.78, 5) is 3.98. The fourth-order valence-electron chi connectivity index (χ4n) is 3.69. The second-order valence-electron chi connectivity index (χ2n) is 8.17. The molecular formula is C23H22ClF3N2O3. The van der Waals surface area contributed by atoms with E-state index in [9.17, 15) is 23.5 Å². The van der Waals surface area contributed by atoms with Crippen molar-refractivity contribution in [2.75, 3.05) is 7.11 Å². The van der Waals surface area contributed by atoms with E-state index in [0.29, 0.717) is 38.1 Å². The van der Waals surface area contributed by atoms with Crippen molar-refractivity contribution in [2.24, 2.45) is 4.99 Å². The topological polar surface area (TPSA) is 68.8 Å².